The molecule has 2 rings (SSSR count). The van der Waals surface area contributed by atoms with Gasteiger partial charge in [-0.25, -0.2) is 4.79 Å². The van der Waals surface area contributed by atoms with Crippen LogP contribution in [0.15, 0.2) is 12.1 Å². The molecule has 0 unspecified atom stereocenters. The topological polar surface area (TPSA) is 49.3 Å². The van der Waals surface area contributed by atoms with Crippen molar-refractivity contribution in [2.24, 2.45) is 0 Å². The third-order valence-electron chi connectivity index (χ3n) is 2.75. The molecule has 1 aromatic carbocycles. The molecule has 0 fully saturated rings. The van der Waals surface area contributed by atoms with Crippen molar-refractivity contribution in [1.29, 1.82) is 0 Å². The Morgan fingerprint density at radius 3 is 2.80 bits per heavy atom. The van der Waals surface area contributed by atoms with Crippen molar-refractivity contribution in [2.75, 3.05) is 6.54 Å². The summed E-state index contributed by atoms with van der Waals surface area (Å²) >= 11 is 0. The van der Waals surface area contributed by atoms with E-state index in [0.717, 1.165) is 30.6 Å². The van der Waals surface area contributed by atoms with Gasteiger partial charge in [0.15, 0.2) is 0 Å². The zero-order valence-electron chi connectivity index (χ0n) is 8.54. The van der Waals surface area contributed by atoms with Crippen LogP contribution in [0.4, 0.5) is 0 Å². The van der Waals surface area contributed by atoms with Gasteiger partial charge in [0.25, 0.3) is 0 Å². The van der Waals surface area contributed by atoms with E-state index < -0.39 is 5.97 Å². The lowest BCUT2D eigenvalue weighted by Gasteiger charge is -2.20. The Kier molecular flexibility index (Phi) is 3.72. The number of carboxylic acid groups (broad SMARTS) is 1. The SMILES string of the molecule is Cc1ccc(C(=O)O)c2c1CNCC2.Cl. The highest BCUT2D eigenvalue weighted by Crippen LogP contribution is 2.22. The number of hydrogen-bond acceptors (Lipinski definition) is 2. The summed E-state index contributed by atoms with van der Waals surface area (Å²) < 4.78 is 0. The zero-order valence-corrected chi connectivity index (χ0v) is 9.36. The maximum absolute atomic E-state index is 11.0. The molecule has 0 amide bonds. The summed E-state index contributed by atoms with van der Waals surface area (Å²) in [6, 6.07) is 3.59. The lowest BCUT2D eigenvalue weighted by Crippen LogP contribution is -2.26. The average molecular weight is 228 g/mol. The summed E-state index contributed by atoms with van der Waals surface area (Å²) in [7, 11) is 0. The number of aromatic carboxylic acids is 1. The number of carboxylic acids is 1. The van der Waals surface area contributed by atoms with Gasteiger partial charge in [-0.15, -0.1) is 12.4 Å². The molecular formula is C11H14ClNO2. The Labute approximate surface area is 94.9 Å². The Morgan fingerprint density at radius 1 is 1.40 bits per heavy atom. The van der Waals surface area contributed by atoms with Gasteiger partial charge in [-0.05, 0) is 42.6 Å². The Balaban J connectivity index is 0.00000112. The molecule has 15 heavy (non-hydrogen) atoms. The molecule has 1 heterocycles. The summed E-state index contributed by atoms with van der Waals surface area (Å²) in [5.74, 6) is -0.817. The van der Waals surface area contributed by atoms with Gasteiger partial charge in [-0.3, -0.25) is 0 Å². The number of aryl methyl sites for hydroxylation is 1. The number of hydrogen-bond donors (Lipinski definition) is 2. The second-order valence-electron chi connectivity index (χ2n) is 3.62. The molecule has 82 valence electrons. The molecule has 4 heteroatoms. The Morgan fingerprint density at radius 2 is 2.13 bits per heavy atom. The van der Waals surface area contributed by atoms with Crippen molar-refractivity contribution in [2.45, 2.75) is 19.9 Å². The maximum Gasteiger partial charge on any atom is 0.335 e. The van der Waals surface area contributed by atoms with E-state index >= 15 is 0 Å². The van der Waals surface area contributed by atoms with E-state index in [1.54, 1.807) is 6.07 Å². The summed E-state index contributed by atoms with van der Waals surface area (Å²) in [5.41, 5.74) is 3.82. The van der Waals surface area contributed by atoms with Crippen molar-refractivity contribution < 1.29 is 9.90 Å². The van der Waals surface area contributed by atoms with E-state index in [9.17, 15) is 4.79 Å². The highest BCUT2D eigenvalue weighted by molar-refractivity contribution is 5.90. The second kappa shape index (κ2) is 4.64. The van der Waals surface area contributed by atoms with E-state index in [1.807, 2.05) is 13.0 Å². The van der Waals surface area contributed by atoms with Crippen molar-refractivity contribution in [1.82, 2.24) is 5.32 Å². The van der Waals surface area contributed by atoms with Crippen molar-refractivity contribution in [3.63, 3.8) is 0 Å². The van der Waals surface area contributed by atoms with E-state index in [-0.39, 0.29) is 12.4 Å². The fraction of sp³-hybridized carbons (Fsp3) is 0.364. The Hall–Kier alpha value is -1.06. The minimum absolute atomic E-state index is 0. The molecule has 0 aliphatic carbocycles. The highest BCUT2D eigenvalue weighted by Gasteiger charge is 2.18. The fourth-order valence-electron chi connectivity index (χ4n) is 1.97. The highest BCUT2D eigenvalue weighted by atomic mass is 35.5. The summed E-state index contributed by atoms with van der Waals surface area (Å²) in [6.07, 6.45) is 0.818. The third-order valence-corrected chi connectivity index (χ3v) is 2.75. The molecular weight excluding hydrogens is 214 g/mol. The lowest BCUT2D eigenvalue weighted by atomic mass is 9.92. The van der Waals surface area contributed by atoms with Crippen LogP contribution in [0.2, 0.25) is 0 Å². The van der Waals surface area contributed by atoms with Crippen LogP contribution in [0.3, 0.4) is 0 Å². The number of benzene rings is 1. The first-order valence-corrected chi connectivity index (χ1v) is 4.75. The molecule has 1 aliphatic rings. The summed E-state index contributed by atoms with van der Waals surface area (Å²) in [5, 5.41) is 12.3. The normalized spacial score (nSPS) is 13.9. The standard InChI is InChI=1S/C11H13NO2.ClH/c1-7-2-3-9(11(13)14)8-4-5-12-6-10(7)8;/h2-3,12H,4-6H2,1H3,(H,13,14);1H. The van der Waals surface area contributed by atoms with Crippen molar-refractivity contribution in [3.8, 4) is 0 Å². The zero-order chi connectivity index (χ0) is 10.1. The van der Waals surface area contributed by atoms with Gasteiger partial charge < -0.3 is 10.4 Å². The first-order valence-electron chi connectivity index (χ1n) is 4.75. The first-order chi connectivity index (χ1) is 6.70. The predicted octanol–water partition coefficient (Wildman–Crippen LogP) is 1.76. The van der Waals surface area contributed by atoms with Gasteiger partial charge >= 0.3 is 5.97 Å². The van der Waals surface area contributed by atoms with Crippen LogP contribution in [-0.4, -0.2) is 17.6 Å². The van der Waals surface area contributed by atoms with E-state index in [0.29, 0.717) is 5.56 Å². The van der Waals surface area contributed by atoms with Crippen molar-refractivity contribution in [3.05, 3.63) is 34.4 Å². The van der Waals surface area contributed by atoms with Gasteiger partial charge in [-0.2, -0.15) is 0 Å². The molecule has 0 radical (unpaired) electrons. The number of rotatable bonds is 1. The van der Waals surface area contributed by atoms with Crippen LogP contribution >= 0.6 is 12.4 Å². The van der Waals surface area contributed by atoms with Gasteiger partial charge in [0.2, 0.25) is 0 Å². The maximum atomic E-state index is 11.0. The molecule has 1 aliphatic heterocycles. The molecule has 1 aromatic rings. The number of fused-ring (bicyclic) bond motifs is 1. The molecule has 0 bridgehead atoms. The van der Waals surface area contributed by atoms with E-state index in [4.69, 9.17) is 5.11 Å². The minimum atomic E-state index is -0.817. The lowest BCUT2D eigenvalue weighted by molar-refractivity contribution is 0.0695. The van der Waals surface area contributed by atoms with Gasteiger partial charge in [0.1, 0.15) is 0 Å². The fourth-order valence-corrected chi connectivity index (χ4v) is 1.97. The third kappa shape index (κ3) is 2.13. The van der Waals surface area contributed by atoms with E-state index in [2.05, 4.69) is 5.32 Å². The van der Waals surface area contributed by atoms with Gasteiger partial charge in [0.05, 0.1) is 5.56 Å². The average Bonchev–Trinajstić information content (AvgIpc) is 2.18. The quantitative estimate of drug-likeness (QED) is 0.769. The number of carbonyl (C=O) groups is 1. The molecule has 0 saturated carbocycles. The van der Waals surface area contributed by atoms with Crippen LogP contribution < -0.4 is 5.32 Å². The number of halogens is 1. The van der Waals surface area contributed by atoms with Gasteiger partial charge in [0, 0.05) is 6.54 Å². The summed E-state index contributed by atoms with van der Waals surface area (Å²) in [4.78, 5) is 11.0. The van der Waals surface area contributed by atoms with E-state index in [1.165, 1.54) is 5.56 Å². The molecule has 0 saturated heterocycles. The number of nitrogens with one attached hydrogen (secondary N) is 1. The monoisotopic (exact) mass is 227 g/mol. The van der Waals surface area contributed by atoms with Gasteiger partial charge in [-0.1, -0.05) is 6.07 Å². The van der Waals surface area contributed by atoms with Crippen LogP contribution in [0.5, 0.6) is 0 Å². The van der Waals surface area contributed by atoms with Crippen molar-refractivity contribution >= 4 is 18.4 Å². The van der Waals surface area contributed by atoms with Crippen LogP contribution in [0.25, 0.3) is 0 Å². The van der Waals surface area contributed by atoms with Crippen LogP contribution in [0, 0.1) is 6.92 Å². The minimum Gasteiger partial charge on any atom is -0.478 e. The van der Waals surface area contributed by atoms with Crippen LogP contribution in [-0.2, 0) is 13.0 Å². The molecule has 2 N–H and O–H groups in total. The predicted molar refractivity (Wildman–Crippen MR) is 60.8 cm³/mol. The largest absolute Gasteiger partial charge is 0.478 e. The molecule has 0 atom stereocenters. The summed E-state index contributed by atoms with van der Waals surface area (Å²) in [6.45, 7) is 3.69. The smallest absolute Gasteiger partial charge is 0.335 e. The second-order valence-corrected chi connectivity index (χ2v) is 3.62. The van der Waals surface area contributed by atoms with Crippen LogP contribution in [0.1, 0.15) is 27.0 Å². The first kappa shape index (κ1) is 12.0. The Bertz CT molecular complexity index is 390. The molecule has 0 spiro atoms. The molecule has 0 aromatic heterocycles. The molecule has 3 nitrogen and oxygen atoms in total.